The third-order valence-electron chi connectivity index (χ3n) is 5.94. The SMILES string of the molecule is O=C(O)N1CC2(C1)C(=O)N(Cc1nc3c([nH]1)CCCC3O)c1ccccc12. The molecule has 1 aromatic carbocycles. The molecule has 27 heavy (non-hydrogen) atoms. The fraction of sp³-hybridized carbons (Fsp3) is 0.421. The van der Waals surface area contributed by atoms with Gasteiger partial charge >= 0.3 is 6.09 Å². The van der Waals surface area contributed by atoms with Crippen LogP contribution in [-0.4, -0.2) is 50.2 Å². The Kier molecular flexibility index (Phi) is 3.36. The zero-order valence-electron chi connectivity index (χ0n) is 14.7. The Morgan fingerprint density at radius 3 is 2.85 bits per heavy atom. The lowest BCUT2D eigenvalue weighted by atomic mass is 9.75. The van der Waals surface area contributed by atoms with Gasteiger partial charge in [0.25, 0.3) is 0 Å². The summed E-state index contributed by atoms with van der Waals surface area (Å²) < 4.78 is 0. The highest BCUT2D eigenvalue weighted by atomic mass is 16.4. The van der Waals surface area contributed by atoms with Gasteiger partial charge in [-0.25, -0.2) is 9.78 Å². The summed E-state index contributed by atoms with van der Waals surface area (Å²) in [7, 11) is 0. The van der Waals surface area contributed by atoms with Crippen molar-refractivity contribution in [1.29, 1.82) is 0 Å². The van der Waals surface area contributed by atoms with Crippen molar-refractivity contribution in [3.05, 3.63) is 47.0 Å². The number of carboxylic acid groups (broad SMARTS) is 1. The first-order chi connectivity index (χ1) is 13.0. The summed E-state index contributed by atoms with van der Waals surface area (Å²) in [6.45, 7) is 0.647. The number of hydrogen-bond acceptors (Lipinski definition) is 4. The molecule has 3 heterocycles. The van der Waals surface area contributed by atoms with E-state index in [2.05, 4.69) is 9.97 Å². The summed E-state index contributed by atoms with van der Waals surface area (Å²) in [4.78, 5) is 35.2. The first kappa shape index (κ1) is 16.3. The molecule has 2 amide bonds. The molecule has 140 valence electrons. The molecule has 1 unspecified atom stereocenters. The van der Waals surface area contributed by atoms with Crippen LogP contribution in [0.1, 0.15) is 41.7 Å². The van der Waals surface area contributed by atoms with E-state index < -0.39 is 17.6 Å². The number of aliphatic hydroxyl groups is 1. The van der Waals surface area contributed by atoms with Crippen LogP contribution in [0.3, 0.4) is 0 Å². The van der Waals surface area contributed by atoms with Crippen LogP contribution in [0, 0.1) is 0 Å². The van der Waals surface area contributed by atoms with Crippen molar-refractivity contribution < 1.29 is 19.8 Å². The Labute approximate surface area is 155 Å². The fourth-order valence-electron chi connectivity index (χ4n) is 4.58. The largest absolute Gasteiger partial charge is 0.465 e. The van der Waals surface area contributed by atoms with Crippen molar-refractivity contribution in [2.45, 2.75) is 37.3 Å². The number of aryl methyl sites for hydroxylation is 1. The van der Waals surface area contributed by atoms with Gasteiger partial charge in [0, 0.05) is 24.5 Å². The molecule has 1 saturated heterocycles. The van der Waals surface area contributed by atoms with Gasteiger partial charge in [0.05, 0.1) is 18.3 Å². The molecule has 2 aromatic rings. The molecular formula is C19H20N4O4. The van der Waals surface area contributed by atoms with Crippen molar-refractivity contribution >= 4 is 17.7 Å². The van der Waals surface area contributed by atoms with Gasteiger partial charge in [-0.15, -0.1) is 0 Å². The molecule has 0 saturated carbocycles. The molecular weight excluding hydrogens is 348 g/mol. The Balaban J connectivity index is 1.47. The van der Waals surface area contributed by atoms with E-state index in [1.165, 1.54) is 4.90 Å². The summed E-state index contributed by atoms with van der Waals surface area (Å²) in [5, 5.41) is 19.3. The predicted molar refractivity (Wildman–Crippen MR) is 95.4 cm³/mol. The van der Waals surface area contributed by atoms with E-state index in [-0.39, 0.29) is 25.5 Å². The topological polar surface area (TPSA) is 110 Å². The van der Waals surface area contributed by atoms with Crippen molar-refractivity contribution in [1.82, 2.24) is 14.9 Å². The van der Waals surface area contributed by atoms with Crippen molar-refractivity contribution in [3.8, 4) is 0 Å². The summed E-state index contributed by atoms with van der Waals surface area (Å²) in [5.74, 6) is 0.562. The number of para-hydroxylation sites is 1. The number of imidazole rings is 1. The summed E-state index contributed by atoms with van der Waals surface area (Å²) >= 11 is 0. The quantitative estimate of drug-likeness (QED) is 0.745. The maximum absolute atomic E-state index is 13.3. The molecule has 3 aliphatic rings. The van der Waals surface area contributed by atoms with E-state index in [1.807, 2.05) is 24.3 Å². The van der Waals surface area contributed by atoms with E-state index >= 15 is 0 Å². The van der Waals surface area contributed by atoms with E-state index in [0.717, 1.165) is 29.8 Å². The van der Waals surface area contributed by atoms with Crippen LogP contribution in [0.5, 0.6) is 0 Å². The lowest BCUT2D eigenvalue weighted by Gasteiger charge is -2.45. The molecule has 5 rings (SSSR count). The third kappa shape index (κ3) is 2.22. The van der Waals surface area contributed by atoms with Crippen molar-refractivity contribution in [2.75, 3.05) is 18.0 Å². The number of hydrogen-bond donors (Lipinski definition) is 3. The van der Waals surface area contributed by atoms with Crippen LogP contribution >= 0.6 is 0 Å². The Morgan fingerprint density at radius 2 is 2.11 bits per heavy atom. The highest BCUT2D eigenvalue weighted by Gasteiger charge is 2.59. The minimum absolute atomic E-state index is 0.0869. The van der Waals surface area contributed by atoms with Gasteiger partial charge in [-0.05, 0) is 30.9 Å². The van der Waals surface area contributed by atoms with Crippen molar-refractivity contribution in [3.63, 3.8) is 0 Å². The second kappa shape index (κ2) is 5.56. The molecule has 3 N–H and O–H groups in total. The zero-order chi connectivity index (χ0) is 18.8. The molecule has 1 fully saturated rings. The second-order valence-corrected chi connectivity index (χ2v) is 7.58. The Hall–Kier alpha value is -2.87. The lowest BCUT2D eigenvalue weighted by molar-refractivity contribution is -0.128. The fourth-order valence-corrected chi connectivity index (χ4v) is 4.58. The van der Waals surface area contributed by atoms with Gasteiger partial charge < -0.3 is 25.0 Å². The minimum Gasteiger partial charge on any atom is -0.465 e. The standard InChI is InChI=1S/C19H20N4O4/c24-14-7-3-5-12-16(14)21-15(20-12)8-23-13-6-2-1-4-11(13)19(17(23)25)9-22(10-19)18(26)27/h1-2,4,6,14,24H,3,5,7-10H2,(H,20,21)(H,26,27). The lowest BCUT2D eigenvalue weighted by Crippen LogP contribution is -2.65. The van der Waals surface area contributed by atoms with E-state index in [1.54, 1.807) is 4.90 Å². The summed E-state index contributed by atoms with van der Waals surface area (Å²) in [6, 6.07) is 7.55. The maximum atomic E-state index is 13.3. The molecule has 0 radical (unpaired) electrons. The highest BCUT2D eigenvalue weighted by molar-refractivity contribution is 6.09. The Morgan fingerprint density at radius 1 is 1.33 bits per heavy atom. The average Bonchev–Trinajstić information content (AvgIpc) is 3.12. The van der Waals surface area contributed by atoms with Crippen LogP contribution in [0.4, 0.5) is 10.5 Å². The molecule has 0 bridgehead atoms. The molecule has 1 aromatic heterocycles. The van der Waals surface area contributed by atoms with Crippen LogP contribution in [0.15, 0.2) is 24.3 Å². The number of rotatable bonds is 2. The average molecular weight is 368 g/mol. The summed E-state index contributed by atoms with van der Waals surface area (Å²) in [5.41, 5.74) is 2.53. The predicted octanol–water partition coefficient (Wildman–Crippen LogP) is 1.56. The number of aromatic nitrogens is 2. The third-order valence-corrected chi connectivity index (χ3v) is 5.94. The molecule has 8 heteroatoms. The van der Waals surface area contributed by atoms with E-state index in [4.69, 9.17) is 0 Å². The number of carbonyl (C=O) groups excluding carboxylic acids is 1. The number of H-pyrrole nitrogens is 1. The second-order valence-electron chi connectivity index (χ2n) is 7.58. The summed E-state index contributed by atoms with van der Waals surface area (Å²) in [6.07, 6.45) is 0.910. The number of nitrogens with zero attached hydrogens (tertiary/aromatic N) is 3. The molecule has 2 aliphatic heterocycles. The zero-order valence-corrected chi connectivity index (χ0v) is 14.7. The van der Waals surface area contributed by atoms with Gasteiger partial charge in [-0.2, -0.15) is 0 Å². The van der Waals surface area contributed by atoms with Gasteiger partial charge in [-0.1, -0.05) is 18.2 Å². The van der Waals surface area contributed by atoms with Crippen LogP contribution in [0.25, 0.3) is 0 Å². The monoisotopic (exact) mass is 368 g/mol. The molecule has 1 aliphatic carbocycles. The van der Waals surface area contributed by atoms with E-state index in [9.17, 15) is 19.8 Å². The molecule has 8 nitrogen and oxygen atoms in total. The van der Waals surface area contributed by atoms with Crippen LogP contribution < -0.4 is 4.90 Å². The smallest absolute Gasteiger partial charge is 0.407 e. The number of aliphatic hydroxyl groups excluding tert-OH is 1. The molecule has 1 atom stereocenters. The number of aromatic amines is 1. The van der Waals surface area contributed by atoms with Crippen LogP contribution in [-0.2, 0) is 23.2 Å². The van der Waals surface area contributed by atoms with Gasteiger partial charge in [0.15, 0.2) is 0 Å². The minimum atomic E-state index is -1.00. The number of carbonyl (C=O) groups is 2. The highest BCUT2D eigenvalue weighted by Crippen LogP contribution is 2.47. The number of fused-ring (bicyclic) bond motifs is 3. The number of anilines is 1. The van der Waals surface area contributed by atoms with Gasteiger partial charge in [0.2, 0.25) is 5.91 Å². The van der Waals surface area contributed by atoms with Crippen LogP contribution in [0.2, 0.25) is 0 Å². The molecule has 1 spiro atoms. The first-order valence-electron chi connectivity index (χ1n) is 9.15. The van der Waals surface area contributed by atoms with Gasteiger partial charge in [0.1, 0.15) is 11.2 Å². The number of likely N-dealkylation sites (tertiary alicyclic amines) is 1. The first-order valence-corrected chi connectivity index (χ1v) is 9.15. The number of amides is 2. The maximum Gasteiger partial charge on any atom is 0.407 e. The Bertz CT molecular complexity index is 947. The number of benzene rings is 1. The van der Waals surface area contributed by atoms with Crippen molar-refractivity contribution in [2.24, 2.45) is 0 Å². The van der Waals surface area contributed by atoms with E-state index in [0.29, 0.717) is 17.9 Å². The van der Waals surface area contributed by atoms with Gasteiger partial charge in [-0.3, -0.25) is 4.79 Å². The normalized spacial score (nSPS) is 22.6. The number of nitrogens with one attached hydrogen (secondary N) is 1.